The lowest BCUT2D eigenvalue weighted by Gasteiger charge is -2.10. The summed E-state index contributed by atoms with van der Waals surface area (Å²) < 4.78 is 39.2. The number of hydrogen-bond donors (Lipinski definition) is 2. The van der Waals surface area contributed by atoms with Gasteiger partial charge in [0.2, 0.25) is 0 Å². The Morgan fingerprint density at radius 2 is 1.94 bits per heavy atom. The summed E-state index contributed by atoms with van der Waals surface area (Å²) in [6.45, 7) is 0. The van der Waals surface area contributed by atoms with Crippen molar-refractivity contribution in [2.75, 3.05) is 0 Å². The molecule has 0 fully saturated rings. The second-order valence-corrected chi connectivity index (χ2v) is 2.79. The first-order valence-corrected chi connectivity index (χ1v) is 3.99. The predicted octanol–water partition coefficient (Wildman–Crippen LogP) is 0.137. The van der Waals surface area contributed by atoms with E-state index in [-0.39, 0.29) is 5.46 Å². The third-order valence-corrected chi connectivity index (χ3v) is 1.65. The number of hydrogen-bond acceptors (Lipinski definition) is 4. The largest absolute Gasteiger partial charge is 0.573 e. The summed E-state index contributed by atoms with van der Waals surface area (Å²) in [6, 6.07) is 4.24. The lowest BCUT2D eigenvalue weighted by atomic mass is 9.79. The molecule has 0 heterocycles. The van der Waals surface area contributed by atoms with Gasteiger partial charge in [-0.2, -0.15) is 5.26 Å². The molecular weight excluding hydrogens is 226 g/mol. The van der Waals surface area contributed by atoms with Gasteiger partial charge in [-0.15, -0.1) is 13.2 Å². The number of alkyl halides is 3. The molecule has 0 radical (unpaired) electrons. The Morgan fingerprint density at radius 1 is 1.31 bits per heavy atom. The smallest absolute Gasteiger partial charge is 0.423 e. The van der Waals surface area contributed by atoms with Crippen LogP contribution in [0.1, 0.15) is 5.56 Å². The van der Waals surface area contributed by atoms with Gasteiger partial charge in [0.15, 0.2) is 0 Å². The van der Waals surface area contributed by atoms with E-state index in [4.69, 9.17) is 15.3 Å². The van der Waals surface area contributed by atoms with Crippen molar-refractivity contribution < 1.29 is 28.0 Å². The van der Waals surface area contributed by atoms with Gasteiger partial charge in [0, 0.05) is 0 Å². The fourth-order valence-corrected chi connectivity index (χ4v) is 1.01. The minimum absolute atomic E-state index is 0.0916. The van der Waals surface area contributed by atoms with Crippen molar-refractivity contribution in [2.45, 2.75) is 6.36 Å². The van der Waals surface area contributed by atoms with Crippen LogP contribution in [-0.2, 0) is 0 Å². The van der Waals surface area contributed by atoms with Gasteiger partial charge >= 0.3 is 13.5 Å². The first kappa shape index (κ1) is 12.4. The Balaban J connectivity index is 3.09. The SMILES string of the molecule is N#Cc1cc(B(O)O)ccc1OC(F)(F)F. The zero-order valence-corrected chi connectivity index (χ0v) is 7.69. The molecule has 0 unspecified atom stereocenters. The van der Waals surface area contributed by atoms with E-state index < -0.39 is 24.8 Å². The van der Waals surface area contributed by atoms with Gasteiger partial charge in [-0.3, -0.25) is 0 Å². The Hall–Kier alpha value is -1.72. The van der Waals surface area contributed by atoms with Crippen LogP contribution in [0.2, 0.25) is 0 Å². The zero-order valence-electron chi connectivity index (χ0n) is 7.69. The number of nitrogens with zero attached hydrogens (tertiary/aromatic N) is 1. The molecule has 84 valence electrons. The highest BCUT2D eigenvalue weighted by atomic mass is 19.4. The summed E-state index contributed by atoms with van der Waals surface area (Å²) in [7, 11) is -1.85. The molecule has 1 aromatic rings. The van der Waals surface area contributed by atoms with Gasteiger partial charge in [0.05, 0.1) is 5.56 Å². The van der Waals surface area contributed by atoms with Crippen LogP contribution in [0.3, 0.4) is 0 Å². The van der Waals surface area contributed by atoms with Crippen molar-refractivity contribution in [1.82, 2.24) is 0 Å². The van der Waals surface area contributed by atoms with E-state index in [9.17, 15) is 13.2 Å². The van der Waals surface area contributed by atoms with E-state index >= 15 is 0 Å². The van der Waals surface area contributed by atoms with Crippen molar-refractivity contribution in [3.05, 3.63) is 23.8 Å². The average Bonchev–Trinajstić information content (AvgIpc) is 2.15. The Kier molecular flexibility index (Phi) is 3.42. The molecule has 16 heavy (non-hydrogen) atoms. The quantitative estimate of drug-likeness (QED) is 0.709. The molecule has 2 N–H and O–H groups in total. The second kappa shape index (κ2) is 4.43. The Morgan fingerprint density at radius 3 is 2.38 bits per heavy atom. The van der Waals surface area contributed by atoms with Crippen LogP contribution in [0.25, 0.3) is 0 Å². The minimum Gasteiger partial charge on any atom is -0.423 e. The Labute approximate surface area is 88.6 Å². The molecule has 8 heteroatoms. The zero-order chi connectivity index (χ0) is 12.3. The van der Waals surface area contributed by atoms with Crippen molar-refractivity contribution in [2.24, 2.45) is 0 Å². The number of halogens is 3. The standard InChI is InChI=1S/C8H5BF3NO3/c10-8(11,12)16-7-2-1-6(9(14)15)3-5(7)4-13/h1-3,14-15H. The fraction of sp³-hybridized carbons (Fsp3) is 0.125. The molecule has 0 spiro atoms. The van der Waals surface area contributed by atoms with Crippen LogP contribution in [0.4, 0.5) is 13.2 Å². The highest BCUT2D eigenvalue weighted by Crippen LogP contribution is 2.25. The third kappa shape index (κ3) is 3.15. The maximum atomic E-state index is 11.9. The first-order valence-electron chi connectivity index (χ1n) is 3.99. The topological polar surface area (TPSA) is 73.5 Å². The van der Waals surface area contributed by atoms with Gasteiger partial charge in [0.25, 0.3) is 0 Å². The summed E-state index contributed by atoms with van der Waals surface area (Å²) in [4.78, 5) is 0. The molecule has 1 aromatic carbocycles. The monoisotopic (exact) mass is 231 g/mol. The van der Waals surface area contributed by atoms with Gasteiger partial charge in [-0.05, 0) is 17.6 Å². The van der Waals surface area contributed by atoms with Gasteiger partial charge in [-0.25, -0.2) is 0 Å². The summed E-state index contributed by atoms with van der Waals surface area (Å²) in [5.74, 6) is -0.681. The highest BCUT2D eigenvalue weighted by molar-refractivity contribution is 6.58. The molecule has 0 aliphatic carbocycles. The molecule has 0 atom stereocenters. The van der Waals surface area contributed by atoms with Crippen molar-refractivity contribution in [3.8, 4) is 11.8 Å². The number of rotatable bonds is 2. The van der Waals surface area contributed by atoms with Gasteiger partial charge in [0.1, 0.15) is 11.8 Å². The van der Waals surface area contributed by atoms with E-state index in [0.29, 0.717) is 0 Å². The van der Waals surface area contributed by atoms with E-state index in [1.165, 1.54) is 6.07 Å². The normalized spacial score (nSPS) is 10.8. The van der Waals surface area contributed by atoms with Crippen LogP contribution in [-0.4, -0.2) is 23.5 Å². The number of ether oxygens (including phenoxy) is 1. The lowest BCUT2D eigenvalue weighted by molar-refractivity contribution is -0.274. The number of benzene rings is 1. The summed E-state index contributed by atoms with van der Waals surface area (Å²) >= 11 is 0. The molecule has 0 bridgehead atoms. The van der Waals surface area contributed by atoms with Crippen molar-refractivity contribution >= 4 is 12.6 Å². The molecule has 4 nitrogen and oxygen atoms in total. The minimum atomic E-state index is -4.90. The second-order valence-electron chi connectivity index (χ2n) is 2.79. The maximum absolute atomic E-state index is 11.9. The van der Waals surface area contributed by atoms with E-state index in [1.807, 2.05) is 0 Å². The molecule has 0 saturated carbocycles. The van der Waals surface area contributed by atoms with Crippen LogP contribution in [0.15, 0.2) is 18.2 Å². The fourth-order valence-electron chi connectivity index (χ4n) is 1.01. The van der Waals surface area contributed by atoms with Crippen LogP contribution < -0.4 is 10.2 Å². The molecular formula is C8H5BF3NO3. The molecule has 0 aliphatic rings. The molecule has 0 amide bonds. The number of nitriles is 1. The van der Waals surface area contributed by atoms with Crippen molar-refractivity contribution in [1.29, 1.82) is 5.26 Å². The van der Waals surface area contributed by atoms with Crippen LogP contribution >= 0.6 is 0 Å². The summed E-state index contributed by atoms with van der Waals surface area (Å²) in [5.41, 5.74) is -0.519. The Bertz CT molecular complexity index is 428. The maximum Gasteiger partial charge on any atom is 0.573 e. The summed E-state index contributed by atoms with van der Waals surface area (Å²) in [6.07, 6.45) is -4.90. The lowest BCUT2D eigenvalue weighted by Crippen LogP contribution is -2.30. The molecule has 0 saturated heterocycles. The van der Waals surface area contributed by atoms with Crippen LogP contribution in [0.5, 0.6) is 5.75 Å². The first-order chi connectivity index (χ1) is 7.33. The molecule has 0 aromatic heterocycles. The van der Waals surface area contributed by atoms with Crippen LogP contribution in [0, 0.1) is 11.3 Å². The van der Waals surface area contributed by atoms with Crippen molar-refractivity contribution in [3.63, 3.8) is 0 Å². The average molecular weight is 231 g/mol. The third-order valence-electron chi connectivity index (χ3n) is 1.65. The predicted molar refractivity (Wildman–Crippen MR) is 47.7 cm³/mol. The van der Waals surface area contributed by atoms with E-state index in [0.717, 1.165) is 18.2 Å². The van der Waals surface area contributed by atoms with Gasteiger partial charge in [-0.1, -0.05) is 6.07 Å². The summed E-state index contributed by atoms with van der Waals surface area (Å²) in [5, 5.41) is 26.1. The molecule has 1 rings (SSSR count). The van der Waals surface area contributed by atoms with E-state index in [2.05, 4.69) is 4.74 Å². The van der Waals surface area contributed by atoms with E-state index in [1.54, 1.807) is 0 Å². The molecule has 0 aliphatic heterocycles. The van der Waals surface area contributed by atoms with Gasteiger partial charge < -0.3 is 14.8 Å². The highest BCUT2D eigenvalue weighted by Gasteiger charge is 2.32.